The number of aliphatic hydroxyl groups is 1. The second-order valence-corrected chi connectivity index (χ2v) is 33.7. The Morgan fingerprint density at radius 3 is 0.788 bits per heavy atom. The third-order valence-electron chi connectivity index (χ3n) is 19.3. The maximum absolute atomic E-state index is 13.1. The number of rotatable bonds is 82. The predicted octanol–water partition coefficient (Wildman–Crippen LogP) is 25.4. The van der Waals surface area contributed by atoms with Gasteiger partial charge in [-0.3, -0.25) is 37.3 Å². The number of esters is 4. The highest BCUT2D eigenvalue weighted by Gasteiger charge is 2.30. The van der Waals surface area contributed by atoms with Crippen LogP contribution in [0.15, 0.2) is 24.3 Å². The van der Waals surface area contributed by atoms with E-state index >= 15 is 0 Å². The first-order chi connectivity index (χ1) is 50.4. The minimum Gasteiger partial charge on any atom is -0.462 e. The van der Waals surface area contributed by atoms with Gasteiger partial charge in [-0.1, -0.05) is 374 Å². The fourth-order valence-electron chi connectivity index (χ4n) is 12.7. The molecule has 0 fully saturated rings. The molecule has 0 radical (unpaired) electrons. The average molecular weight is 1520 g/mol. The number of unbranched alkanes of at least 4 members (excludes halogenated alkanes) is 49. The summed E-state index contributed by atoms with van der Waals surface area (Å²) in [6.45, 7) is 9.65. The molecule has 0 aliphatic carbocycles. The van der Waals surface area contributed by atoms with Crippen molar-refractivity contribution in [3.63, 3.8) is 0 Å². The monoisotopic (exact) mass is 1520 g/mol. The van der Waals surface area contributed by atoms with E-state index < -0.39 is 97.5 Å². The van der Waals surface area contributed by atoms with Gasteiger partial charge >= 0.3 is 39.5 Å². The Hall–Kier alpha value is -2.46. The Kier molecular flexibility index (Phi) is 74.1. The molecule has 0 aromatic heterocycles. The van der Waals surface area contributed by atoms with Crippen LogP contribution in [0.1, 0.15) is 427 Å². The molecule has 0 aliphatic heterocycles. The number of aliphatic hydroxyl groups excluding tert-OH is 1. The van der Waals surface area contributed by atoms with Crippen molar-refractivity contribution < 1.29 is 80.2 Å². The van der Waals surface area contributed by atoms with Crippen LogP contribution in [0.3, 0.4) is 0 Å². The van der Waals surface area contributed by atoms with E-state index in [2.05, 4.69) is 65.8 Å². The molecule has 614 valence electrons. The normalized spacial score (nSPS) is 14.0. The van der Waals surface area contributed by atoms with Gasteiger partial charge in [0.1, 0.15) is 19.3 Å². The highest BCUT2D eigenvalue weighted by Crippen LogP contribution is 2.45. The fraction of sp³-hybridized carbons (Fsp3) is 0.906. The Balaban J connectivity index is 5.30. The lowest BCUT2D eigenvalue weighted by Crippen LogP contribution is -2.30. The molecule has 0 rings (SSSR count). The van der Waals surface area contributed by atoms with E-state index in [0.717, 1.165) is 115 Å². The number of carbonyl (C=O) groups excluding carboxylic acids is 4. The maximum Gasteiger partial charge on any atom is 0.472 e. The van der Waals surface area contributed by atoms with Crippen molar-refractivity contribution in [1.82, 2.24) is 0 Å². The molecular weight excluding hydrogens is 1350 g/mol. The second kappa shape index (κ2) is 75.9. The number of hydrogen-bond donors (Lipinski definition) is 3. The Morgan fingerprint density at radius 1 is 0.298 bits per heavy atom. The molecule has 0 amide bonds. The van der Waals surface area contributed by atoms with Gasteiger partial charge in [-0.15, -0.1) is 0 Å². The standard InChI is InChI=1S/C85H162O17P2/c1-7-9-11-13-15-17-19-21-24-33-39-45-51-57-63-69-84(89)101-80(73-95-82(87)67-61-55-49-43-37-29-20-18-16-14-12-10-8-2)75-99-103(91,92)97-71-79(86)72-98-104(93,94)100-76-81(102-85(90)70-64-58-52-46-40-34-28-23-26-31-36-42-48-54-60-66-78(5)6)74-96-83(88)68-62-56-50-44-38-32-27-22-25-30-35-41-47-53-59-65-77(3)4/h17,19,21,24,77-81,86H,7-16,18,20,22-23,25-76H2,1-6H3,(H,91,92)(H,93,94)/b19-17-,24-21-/t79-,80+,81+/m0/s1. The molecule has 3 N–H and O–H groups in total. The van der Waals surface area contributed by atoms with Gasteiger partial charge < -0.3 is 33.8 Å². The van der Waals surface area contributed by atoms with Crippen LogP contribution >= 0.6 is 15.6 Å². The number of phosphoric ester groups is 2. The van der Waals surface area contributed by atoms with Gasteiger partial charge in [0.2, 0.25) is 0 Å². The van der Waals surface area contributed by atoms with Crippen LogP contribution < -0.4 is 0 Å². The number of phosphoric acid groups is 2. The third kappa shape index (κ3) is 77.7. The van der Waals surface area contributed by atoms with E-state index in [1.165, 1.54) is 231 Å². The molecule has 0 heterocycles. The summed E-state index contributed by atoms with van der Waals surface area (Å²) in [6.07, 6.45) is 70.1. The molecule has 0 aromatic rings. The minimum absolute atomic E-state index is 0.0857. The van der Waals surface area contributed by atoms with Gasteiger partial charge in [-0.2, -0.15) is 0 Å². The van der Waals surface area contributed by atoms with Crippen LogP contribution in [0.4, 0.5) is 0 Å². The molecule has 0 saturated heterocycles. The summed E-state index contributed by atoms with van der Waals surface area (Å²) in [6, 6.07) is 0. The summed E-state index contributed by atoms with van der Waals surface area (Å²) in [5.74, 6) is -0.525. The van der Waals surface area contributed by atoms with Gasteiger partial charge in [0.25, 0.3) is 0 Å². The lowest BCUT2D eigenvalue weighted by Gasteiger charge is -2.21. The first-order valence-corrected chi connectivity index (χ1v) is 46.3. The zero-order valence-electron chi connectivity index (χ0n) is 67.8. The van der Waals surface area contributed by atoms with E-state index in [-0.39, 0.29) is 25.7 Å². The molecule has 0 aliphatic rings. The summed E-state index contributed by atoms with van der Waals surface area (Å²) < 4.78 is 68.8. The maximum atomic E-state index is 13.1. The Labute approximate surface area is 637 Å². The molecule has 0 aromatic carbocycles. The summed E-state index contributed by atoms with van der Waals surface area (Å²) >= 11 is 0. The topological polar surface area (TPSA) is 237 Å². The number of carbonyl (C=O) groups is 4. The van der Waals surface area contributed by atoms with E-state index in [1.807, 2.05) is 0 Å². The van der Waals surface area contributed by atoms with Crippen LogP contribution in [0.5, 0.6) is 0 Å². The molecule has 17 nitrogen and oxygen atoms in total. The fourth-order valence-corrected chi connectivity index (χ4v) is 14.3. The first-order valence-electron chi connectivity index (χ1n) is 43.3. The lowest BCUT2D eigenvalue weighted by atomic mass is 10.0. The number of ether oxygens (including phenoxy) is 4. The van der Waals surface area contributed by atoms with E-state index in [9.17, 15) is 43.2 Å². The van der Waals surface area contributed by atoms with Gasteiger partial charge in [0, 0.05) is 25.7 Å². The van der Waals surface area contributed by atoms with Crippen molar-refractivity contribution in [1.29, 1.82) is 0 Å². The van der Waals surface area contributed by atoms with Crippen LogP contribution in [-0.4, -0.2) is 96.7 Å². The van der Waals surface area contributed by atoms with Gasteiger partial charge in [-0.25, -0.2) is 9.13 Å². The largest absolute Gasteiger partial charge is 0.472 e. The van der Waals surface area contributed by atoms with Crippen molar-refractivity contribution in [3.8, 4) is 0 Å². The highest BCUT2D eigenvalue weighted by molar-refractivity contribution is 7.47. The zero-order valence-corrected chi connectivity index (χ0v) is 69.6. The molecule has 19 heteroatoms. The van der Waals surface area contributed by atoms with Crippen LogP contribution in [0.25, 0.3) is 0 Å². The minimum atomic E-state index is -4.97. The molecule has 0 bridgehead atoms. The second-order valence-electron chi connectivity index (χ2n) is 30.8. The SMILES string of the molecule is CCCCCC/C=C\C=C/CCCCCCCC(=O)O[C@H](COC(=O)CCCCCCCCCCCCCCC)COP(=O)(O)OC[C@H](O)COP(=O)(O)OC[C@@H](COC(=O)CCCCCCCCCCCCCCCCCC(C)C)OC(=O)CCCCCCCCCCCCCCCCCC(C)C. The van der Waals surface area contributed by atoms with Crippen molar-refractivity contribution in [2.24, 2.45) is 11.8 Å². The summed E-state index contributed by atoms with van der Waals surface area (Å²) in [7, 11) is -9.94. The lowest BCUT2D eigenvalue weighted by molar-refractivity contribution is -0.161. The van der Waals surface area contributed by atoms with Crippen molar-refractivity contribution >= 4 is 39.5 Å². The van der Waals surface area contributed by atoms with Crippen molar-refractivity contribution in [2.75, 3.05) is 39.6 Å². The van der Waals surface area contributed by atoms with E-state index in [1.54, 1.807) is 0 Å². The number of allylic oxidation sites excluding steroid dienone is 4. The average Bonchev–Trinajstić information content (AvgIpc) is 0.904. The van der Waals surface area contributed by atoms with Crippen LogP contribution in [-0.2, 0) is 65.4 Å². The summed E-state index contributed by atoms with van der Waals surface area (Å²) in [5.41, 5.74) is 0. The summed E-state index contributed by atoms with van der Waals surface area (Å²) in [4.78, 5) is 73.2. The number of hydrogen-bond acceptors (Lipinski definition) is 15. The van der Waals surface area contributed by atoms with Gasteiger partial charge in [-0.05, 0) is 63.2 Å². The van der Waals surface area contributed by atoms with E-state index in [4.69, 9.17) is 37.0 Å². The summed E-state index contributed by atoms with van der Waals surface area (Å²) in [5, 5.41) is 10.7. The van der Waals surface area contributed by atoms with E-state index in [0.29, 0.717) is 25.7 Å². The van der Waals surface area contributed by atoms with Crippen molar-refractivity contribution in [2.45, 2.75) is 445 Å². The van der Waals surface area contributed by atoms with Gasteiger partial charge in [0.15, 0.2) is 12.2 Å². The molecule has 0 spiro atoms. The first kappa shape index (κ1) is 102. The molecule has 2 unspecified atom stereocenters. The Bertz CT molecular complexity index is 2090. The smallest absolute Gasteiger partial charge is 0.462 e. The molecule has 0 saturated carbocycles. The quantitative estimate of drug-likeness (QED) is 0.0169. The molecular formula is C85H162O17P2. The van der Waals surface area contributed by atoms with Crippen LogP contribution in [0.2, 0.25) is 0 Å². The zero-order chi connectivity index (χ0) is 76.4. The third-order valence-corrected chi connectivity index (χ3v) is 21.2. The van der Waals surface area contributed by atoms with Crippen molar-refractivity contribution in [3.05, 3.63) is 24.3 Å². The Morgan fingerprint density at radius 2 is 0.519 bits per heavy atom. The van der Waals surface area contributed by atoms with Gasteiger partial charge in [0.05, 0.1) is 26.4 Å². The molecule has 104 heavy (non-hydrogen) atoms. The predicted molar refractivity (Wildman–Crippen MR) is 427 cm³/mol. The van der Waals surface area contributed by atoms with Crippen LogP contribution in [0, 0.1) is 11.8 Å². The molecule has 5 atom stereocenters. The highest BCUT2D eigenvalue weighted by atomic mass is 31.2.